The quantitative estimate of drug-likeness (QED) is 0.623. The van der Waals surface area contributed by atoms with Crippen LogP contribution in [0.2, 0.25) is 5.02 Å². The van der Waals surface area contributed by atoms with E-state index in [1.807, 2.05) is 0 Å². The Bertz CT molecular complexity index is 1260. The van der Waals surface area contributed by atoms with E-state index < -0.39 is 15.9 Å². The van der Waals surface area contributed by atoms with Gasteiger partial charge in [0, 0.05) is 13.1 Å². The maximum absolute atomic E-state index is 12.9. The lowest BCUT2D eigenvalue weighted by Gasteiger charge is -2.26. The molecule has 0 aliphatic carbocycles. The minimum atomic E-state index is -3.66. The fourth-order valence-corrected chi connectivity index (χ4v) is 5.80. The number of rotatable bonds is 5. The first kappa shape index (κ1) is 21.0. The summed E-state index contributed by atoms with van der Waals surface area (Å²) < 4.78 is 28.4. The highest BCUT2D eigenvalue weighted by Crippen LogP contribution is 2.28. The summed E-state index contributed by atoms with van der Waals surface area (Å²) in [7, 11) is -3.66. The van der Waals surface area contributed by atoms with Crippen molar-refractivity contribution in [2.75, 3.05) is 18.4 Å². The van der Waals surface area contributed by atoms with E-state index in [1.54, 1.807) is 11.4 Å². The van der Waals surface area contributed by atoms with Crippen molar-refractivity contribution in [2.45, 2.75) is 30.7 Å². The summed E-state index contributed by atoms with van der Waals surface area (Å²) in [5.41, 5.74) is -0.138. The summed E-state index contributed by atoms with van der Waals surface area (Å²) in [5, 5.41) is 5.02. The molecule has 1 fully saturated rings. The SMILES string of the molecule is O=C(Cn1cnc2sccc2c1=O)Nc1cc(S(=O)(=O)N2CCCCC2)ccc1Cl. The predicted molar refractivity (Wildman–Crippen MR) is 117 cm³/mol. The maximum Gasteiger partial charge on any atom is 0.262 e. The van der Waals surface area contributed by atoms with E-state index in [1.165, 1.54) is 44.7 Å². The number of fused-ring (bicyclic) bond motifs is 1. The van der Waals surface area contributed by atoms with E-state index >= 15 is 0 Å². The maximum atomic E-state index is 12.9. The molecule has 30 heavy (non-hydrogen) atoms. The van der Waals surface area contributed by atoms with Gasteiger partial charge in [0.1, 0.15) is 11.4 Å². The van der Waals surface area contributed by atoms with Gasteiger partial charge in [0.15, 0.2) is 0 Å². The molecule has 2 aromatic heterocycles. The van der Waals surface area contributed by atoms with Crippen LogP contribution >= 0.6 is 22.9 Å². The number of hydrogen-bond acceptors (Lipinski definition) is 6. The molecule has 4 rings (SSSR count). The van der Waals surface area contributed by atoms with Gasteiger partial charge in [0.2, 0.25) is 15.9 Å². The zero-order valence-corrected chi connectivity index (χ0v) is 18.3. The number of hydrogen-bond donors (Lipinski definition) is 1. The molecule has 3 aromatic rings. The molecule has 1 saturated heterocycles. The first-order chi connectivity index (χ1) is 14.4. The Kier molecular flexibility index (Phi) is 5.92. The minimum Gasteiger partial charge on any atom is -0.323 e. The first-order valence-electron chi connectivity index (χ1n) is 9.38. The normalized spacial score (nSPS) is 15.4. The molecule has 0 unspecified atom stereocenters. The number of aromatic nitrogens is 2. The number of nitrogens with zero attached hydrogens (tertiary/aromatic N) is 3. The largest absolute Gasteiger partial charge is 0.323 e. The number of thiophene rings is 1. The van der Waals surface area contributed by atoms with E-state index in [-0.39, 0.29) is 27.7 Å². The second-order valence-electron chi connectivity index (χ2n) is 6.97. The fraction of sp³-hybridized carbons (Fsp3) is 0.316. The topological polar surface area (TPSA) is 101 Å². The number of anilines is 1. The van der Waals surface area contributed by atoms with Crippen LogP contribution in [-0.2, 0) is 21.4 Å². The molecular weight excluding hydrogens is 448 g/mol. The van der Waals surface area contributed by atoms with Gasteiger partial charge in [0.05, 0.1) is 27.3 Å². The number of benzene rings is 1. The number of amides is 1. The molecule has 0 bridgehead atoms. The van der Waals surface area contributed by atoms with Crippen molar-refractivity contribution in [3.05, 3.63) is 51.3 Å². The molecule has 0 saturated carbocycles. The molecule has 1 aromatic carbocycles. The molecule has 8 nitrogen and oxygen atoms in total. The first-order valence-corrected chi connectivity index (χ1v) is 12.1. The highest BCUT2D eigenvalue weighted by Gasteiger charge is 2.26. The molecule has 0 radical (unpaired) electrons. The second kappa shape index (κ2) is 8.46. The van der Waals surface area contributed by atoms with Crippen LogP contribution in [0.1, 0.15) is 19.3 Å². The van der Waals surface area contributed by atoms with E-state index in [0.29, 0.717) is 23.3 Å². The molecule has 1 aliphatic rings. The van der Waals surface area contributed by atoms with Gasteiger partial charge in [-0.2, -0.15) is 4.31 Å². The fourth-order valence-electron chi connectivity index (χ4n) is 3.37. The van der Waals surface area contributed by atoms with E-state index in [9.17, 15) is 18.0 Å². The van der Waals surface area contributed by atoms with Crippen LogP contribution in [0, 0.1) is 0 Å². The highest BCUT2D eigenvalue weighted by molar-refractivity contribution is 7.89. The Morgan fingerprint density at radius 3 is 2.73 bits per heavy atom. The third kappa shape index (κ3) is 4.13. The van der Waals surface area contributed by atoms with Crippen molar-refractivity contribution in [3.8, 4) is 0 Å². The van der Waals surface area contributed by atoms with Gasteiger partial charge in [-0.3, -0.25) is 14.2 Å². The van der Waals surface area contributed by atoms with Gasteiger partial charge in [0.25, 0.3) is 5.56 Å². The monoisotopic (exact) mass is 466 g/mol. The molecule has 3 heterocycles. The number of carbonyl (C=O) groups excluding carboxylic acids is 1. The number of sulfonamides is 1. The summed E-state index contributed by atoms with van der Waals surface area (Å²) in [6.07, 6.45) is 3.99. The van der Waals surface area contributed by atoms with Crippen LogP contribution in [-0.4, -0.2) is 41.3 Å². The Labute approximate surface area is 182 Å². The molecule has 0 spiro atoms. The van der Waals surface area contributed by atoms with Gasteiger partial charge in [-0.05, 0) is 42.5 Å². The predicted octanol–water partition coefficient (Wildman–Crippen LogP) is 2.92. The number of halogens is 1. The molecule has 0 atom stereocenters. The van der Waals surface area contributed by atoms with Crippen LogP contribution < -0.4 is 10.9 Å². The number of nitrogens with one attached hydrogen (secondary N) is 1. The third-order valence-corrected chi connectivity index (χ3v) is 7.97. The smallest absolute Gasteiger partial charge is 0.262 e. The van der Waals surface area contributed by atoms with Crippen molar-refractivity contribution in [1.29, 1.82) is 0 Å². The summed E-state index contributed by atoms with van der Waals surface area (Å²) >= 11 is 7.52. The Hall–Kier alpha value is -2.27. The van der Waals surface area contributed by atoms with Gasteiger partial charge >= 0.3 is 0 Å². The molecule has 11 heteroatoms. The summed E-state index contributed by atoms with van der Waals surface area (Å²) in [4.78, 5) is 29.8. The van der Waals surface area contributed by atoms with E-state index in [0.717, 1.165) is 19.3 Å². The van der Waals surface area contributed by atoms with Crippen LogP contribution in [0.15, 0.2) is 45.7 Å². The van der Waals surface area contributed by atoms with Crippen molar-refractivity contribution in [2.24, 2.45) is 0 Å². The zero-order valence-electron chi connectivity index (χ0n) is 15.9. The van der Waals surface area contributed by atoms with Crippen LogP contribution in [0.3, 0.4) is 0 Å². The Morgan fingerprint density at radius 1 is 1.20 bits per heavy atom. The van der Waals surface area contributed by atoms with E-state index in [2.05, 4.69) is 10.3 Å². The molecular formula is C19H19ClN4O4S2. The molecule has 158 valence electrons. The van der Waals surface area contributed by atoms with Crippen molar-refractivity contribution in [1.82, 2.24) is 13.9 Å². The van der Waals surface area contributed by atoms with Crippen molar-refractivity contribution in [3.63, 3.8) is 0 Å². The van der Waals surface area contributed by atoms with Gasteiger partial charge in [-0.1, -0.05) is 18.0 Å². The minimum absolute atomic E-state index is 0.0719. The van der Waals surface area contributed by atoms with Crippen LogP contribution in [0.4, 0.5) is 5.69 Å². The lowest BCUT2D eigenvalue weighted by atomic mass is 10.2. The Balaban J connectivity index is 1.55. The van der Waals surface area contributed by atoms with Gasteiger partial charge in [-0.15, -0.1) is 11.3 Å². The molecule has 1 amide bonds. The standard InChI is InChI=1S/C19H19ClN4O4S2/c20-15-5-4-13(30(27,28)24-7-2-1-3-8-24)10-16(15)22-17(25)11-23-12-21-18-14(19(23)26)6-9-29-18/h4-6,9-10,12H,1-3,7-8,11H2,(H,22,25). The van der Waals surface area contributed by atoms with Gasteiger partial charge in [-0.25, -0.2) is 13.4 Å². The third-order valence-electron chi connectivity index (χ3n) is 4.93. The Morgan fingerprint density at radius 2 is 1.97 bits per heavy atom. The number of piperidine rings is 1. The average molecular weight is 467 g/mol. The summed E-state index contributed by atoms with van der Waals surface area (Å²) in [6, 6.07) is 5.89. The zero-order chi connectivity index (χ0) is 21.3. The van der Waals surface area contributed by atoms with Crippen LogP contribution in [0.25, 0.3) is 10.2 Å². The summed E-state index contributed by atoms with van der Waals surface area (Å²) in [6.45, 7) is 0.693. The lowest BCUT2D eigenvalue weighted by molar-refractivity contribution is -0.116. The average Bonchev–Trinajstić information content (AvgIpc) is 3.22. The van der Waals surface area contributed by atoms with Crippen molar-refractivity contribution >= 4 is 54.8 Å². The van der Waals surface area contributed by atoms with Crippen molar-refractivity contribution < 1.29 is 13.2 Å². The van der Waals surface area contributed by atoms with Crippen LogP contribution in [0.5, 0.6) is 0 Å². The van der Waals surface area contributed by atoms with Gasteiger partial charge < -0.3 is 5.32 Å². The van der Waals surface area contributed by atoms with E-state index in [4.69, 9.17) is 11.6 Å². The number of carbonyl (C=O) groups is 1. The molecule has 1 N–H and O–H groups in total. The highest BCUT2D eigenvalue weighted by atomic mass is 35.5. The molecule has 1 aliphatic heterocycles. The summed E-state index contributed by atoms with van der Waals surface area (Å²) in [5.74, 6) is -0.511. The second-order valence-corrected chi connectivity index (χ2v) is 10.2. The lowest BCUT2D eigenvalue weighted by Crippen LogP contribution is -2.35.